The van der Waals surface area contributed by atoms with E-state index in [0.29, 0.717) is 23.9 Å². The number of rotatable bonds is 6. The van der Waals surface area contributed by atoms with Crippen molar-refractivity contribution in [2.24, 2.45) is 4.99 Å². The molecule has 1 aliphatic rings. The fourth-order valence-corrected chi connectivity index (χ4v) is 4.38. The largest absolute Gasteiger partial charge is 0.282 e. The molecule has 0 bridgehead atoms. The average molecular weight is 427 g/mol. The van der Waals surface area contributed by atoms with Crippen LogP contribution in [0.15, 0.2) is 94.8 Å². The molecule has 4 rings (SSSR count). The summed E-state index contributed by atoms with van der Waals surface area (Å²) >= 11 is 1.46. The van der Waals surface area contributed by atoms with Crippen molar-refractivity contribution in [3.8, 4) is 0 Å². The Morgan fingerprint density at radius 1 is 0.871 bits per heavy atom. The maximum atomic E-state index is 13.3. The molecule has 0 atom stereocenters. The Bertz CT molecular complexity index is 1090. The fourth-order valence-electron chi connectivity index (χ4n) is 3.40. The molecule has 3 aromatic carbocycles. The maximum absolute atomic E-state index is 13.3. The molecule has 0 aliphatic carbocycles. The van der Waals surface area contributed by atoms with E-state index in [0.717, 1.165) is 21.9 Å². The average Bonchev–Trinajstić information content (AvgIpc) is 3.08. The lowest BCUT2D eigenvalue weighted by atomic mass is 10.0. The summed E-state index contributed by atoms with van der Waals surface area (Å²) in [5.41, 5.74) is 4.54. The number of amides is 1. The van der Waals surface area contributed by atoms with Gasteiger partial charge in [-0.2, -0.15) is 0 Å². The Balaban J connectivity index is 1.61. The Kier molecular flexibility index (Phi) is 6.68. The molecule has 3 aromatic rings. The molecule has 0 radical (unpaired) electrons. The summed E-state index contributed by atoms with van der Waals surface area (Å²) in [5.74, 6) is 0.496. The summed E-state index contributed by atoms with van der Waals surface area (Å²) in [5, 5.41) is 0.753. The van der Waals surface area contributed by atoms with Gasteiger partial charge in [0.05, 0.1) is 18.0 Å². The molecule has 3 nitrogen and oxygen atoms in total. The first-order valence-electron chi connectivity index (χ1n) is 10.5. The van der Waals surface area contributed by atoms with Crippen LogP contribution in [0.3, 0.4) is 0 Å². The standard InChI is InChI=1S/C27H26N2OS/c1-20(2)24-15-13-21(14-16-24)17-25-26(30)29(19-23-11-7-4-8-12-23)27(31-25)28-18-22-9-5-3-6-10-22/h3-17,20H,18-19H2,1-2H3/b25-17-,28-27?. The van der Waals surface area contributed by atoms with Crippen molar-refractivity contribution in [3.63, 3.8) is 0 Å². The highest BCUT2D eigenvalue weighted by molar-refractivity contribution is 8.18. The van der Waals surface area contributed by atoms with E-state index in [1.807, 2.05) is 54.6 Å². The van der Waals surface area contributed by atoms with Crippen molar-refractivity contribution in [1.82, 2.24) is 4.90 Å². The number of aliphatic imine (C=N–C) groups is 1. The quantitative estimate of drug-likeness (QED) is 0.422. The molecule has 0 saturated carbocycles. The third kappa shape index (κ3) is 5.33. The van der Waals surface area contributed by atoms with Crippen LogP contribution in [0.25, 0.3) is 6.08 Å². The lowest BCUT2D eigenvalue weighted by Gasteiger charge is -2.15. The molecular formula is C27H26N2OS. The van der Waals surface area contributed by atoms with E-state index in [1.54, 1.807) is 4.90 Å². The van der Waals surface area contributed by atoms with Crippen molar-refractivity contribution < 1.29 is 4.79 Å². The molecule has 1 fully saturated rings. The molecule has 0 spiro atoms. The summed E-state index contributed by atoms with van der Waals surface area (Å²) in [6, 6.07) is 28.6. The minimum atomic E-state index is 0.00796. The maximum Gasteiger partial charge on any atom is 0.267 e. The zero-order valence-electron chi connectivity index (χ0n) is 17.9. The molecule has 156 valence electrons. The highest BCUT2D eigenvalue weighted by atomic mass is 32.2. The van der Waals surface area contributed by atoms with Crippen LogP contribution in [0.5, 0.6) is 0 Å². The number of nitrogens with zero attached hydrogens (tertiary/aromatic N) is 2. The van der Waals surface area contributed by atoms with E-state index < -0.39 is 0 Å². The minimum absolute atomic E-state index is 0.00796. The molecule has 0 N–H and O–H groups in total. The van der Waals surface area contributed by atoms with E-state index in [-0.39, 0.29) is 5.91 Å². The molecule has 1 saturated heterocycles. The predicted molar refractivity (Wildman–Crippen MR) is 131 cm³/mol. The van der Waals surface area contributed by atoms with E-state index in [4.69, 9.17) is 4.99 Å². The lowest BCUT2D eigenvalue weighted by molar-refractivity contribution is -0.122. The first-order chi connectivity index (χ1) is 15.1. The third-order valence-corrected chi connectivity index (χ3v) is 6.26. The lowest BCUT2D eigenvalue weighted by Crippen LogP contribution is -2.28. The summed E-state index contributed by atoms with van der Waals surface area (Å²) < 4.78 is 0. The smallest absolute Gasteiger partial charge is 0.267 e. The number of hydrogen-bond acceptors (Lipinski definition) is 3. The van der Waals surface area contributed by atoms with Crippen LogP contribution >= 0.6 is 11.8 Å². The van der Waals surface area contributed by atoms with Crippen molar-refractivity contribution in [1.29, 1.82) is 0 Å². The minimum Gasteiger partial charge on any atom is -0.282 e. The second-order valence-corrected chi connectivity index (χ2v) is 8.90. The van der Waals surface area contributed by atoms with Gasteiger partial charge in [0, 0.05) is 0 Å². The van der Waals surface area contributed by atoms with E-state index >= 15 is 0 Å². The van der Waals surface area contributed by atoms with Gasteiger partial charge in [0.15, 0.2) is 5.17 Å². The Morgan fingerprint density at radius 3 is 2.10 bits per heavy atom. The summed E-state index contributed by atoms with van der Waals surface area (Å²) in [6.07, 6.45) is 1.97. The van der Waals surface area contributed by atoms with E-state index in [2.05, 4.69) is 50.2 Å². The van der Waals surface area contributed by atoms with Crippen molar-refractivity contribution >= 4 is 28.9 Å². The van der Waals surface area contributed by atoms with Gasteiger partial charge in [-0.25, -0.2) is 0 Å². The van der Waals surface area contributed by atoms with Crippen molar-refractivity contribution in [2.45, 2.75) is 32.9 Å². The van der Waals surface area contributed by atoms with Crippen LogP contribution in [0.2, 0.25) is 0 Å². The van der Waals surface area contributed by atoms with Crippen LogP contribution in [0, 0.1) is 0 Å². The van der Waals surface area contributed by atoms with Crippen molar-refractivity contribution in [3.05, 3.63) is 112 Å². The summed E-state index contributed by atoms with van der Waals surface area (Å²) in [6.45, 7) is 5.43. The Hall–Kier alpha value is -3.11. The van der Waals surface area contributed by atoms with Crippen LogP contribution in [0.4, 0.5) is 0 Å². The molecule has 1 heterocycles. The zero-order valence-corrected chi connectivity index (χ0v) is 18.7. The number of carbonyl (C=O) groups is 1. The third-order valence-electron chi connectivity index (χ3n) is 5.21. The second-order valence-electron chi connectivity index (χ2n) is 7.89. The topological polar surface area (TPSA) is 32.7 Å². The van der Waals surface area contributed by atoms with Crippen LogP contribution < -0.4 is 0 Å². The van der Waals surface area contributed by atoms with E-state index in [1.165, 1.54) is 17.3 Å². The highest BCUT2D eigenvalue weighted by Crippen LogP contribution is 2.34. The molecule has 1 aliphatic heterocycles. The number of benzene rings is 3. The molecule has 0 aromatic heterocycles. The van der Waals surface area contributed by atoms with Gasteiger partial charge in [-0.05, 0) is 46.0 Å². The molecule has 0 unspecified atom stereocenters. The van der Waals surface area contributed by atoms with Gasteiger partial charge >= 0.3 is 0 Å². The Labute approximate surface area is 188 Å². The van der Waals surface area contributed by atoms with Crippen molar-refractivity contribution in [2.75, 3.05) is 0 Å². The SMILES string of the molecule is CC(C)c1ccc(/C=C2\SC(=NCc3ccccc3)N(Cc3ccccc3)C2=O)cc1. The molecule has 4 heteroatoms. The normalized spacial score (nSPS) is 16.6. The number of amidine groups is 1. The molecule has 31 heavy (non-hydrogen) atoms. The first-order valence-corrected chi connectivity index (χ1v) is 11.4. The summed E-state index contributed by atoms with van der Waals surface area (Å²) in [7, 11) is 0. The number of thioether (sulfide) groups is 1. The zero-order chi connectivity index (χ0) is 21.6. The van der Waals surface area contributed by atoms with Crippen LogP contribution in [0.1, 0.15) is 42.0 Å². The van der Waals surface area contributed by atoms with Crippen LogP contribution in [-0.2, 0) is 17.9 Å². The van der Waals surface area contributed by atoms with Gasteiger partial charge < -0.3 is 0 Å². The van der Waals surface area contributed by atoms with Gasteiger partial charge in [0.2, 0.25) is 0 Å². The van der Waals surface area contributed by atoms with Gasteiger partial charge in [-0.15, -0.1) is 0 Å². The van der Waals surface area contributed by atoms with Crippen LogP contribution in [-0.4, -0.2) is 16.0 Å². The highest BCUT2D eigenvalue weighted by Gasteiger charge is 2.33. The summed E-state index contributed by atoms with van der Waals surface area (Å²) in [4.78, 5) is 20.6. The fraction of sp³-hybridized carbons (Fsp3) is 0.185. The van der Waals surface area contributed by atoms with Gasteiger partial charge in [0.25, 0.3) is 5.91 Å². The second kappa shape index (κ2) is 9.80. The first kappa shape index (κ1) is 21.1. The van der Waals surface area contributed by atoms with Gasteiger partial charge in [-0.3, -0.25) is 14.7 Å². The number of hydrogen-bond donors (Lipinski definition) is 0. The monoisotopic (exact) mass is 426 g/mol. The molecule has 1 amide bonds. The van der Waals surface area contributed by atoms with Gasteiger partial charge in [-0.1, -0.05) is 98.8 Å². The van der Waals surface area contributed by atoms with Gasteiger partial charge in [0.1, 0.15) is 0 Å². The molecular weight excluding hydrogens is 400 g/mol. The predicted octanol–water partition coefficient (Wildman–Crippen LogP) is 6.48. The van der Waals surface area contributed by atoms with E-state index in [9.17, 15) is 4.79 Å². The number of carbonyl (C=O) groups excluding carboxylic acids is 1. The Morgan fingerprint density at radius 2 is 1.48 bits per heavy atom.